The lowest BCUT2D eigenvalue weighted by Crippen LogP contribution is -2.61. The summed E-state index contributed by atoms with van der Waals surface area (Å²) in [7, 11) is -5.19. The zero-order chi connectivity index (χ0) is 36.4. The molecule has 0 bridgehead atoms. The Kier molecular flexibility index (Phi) is 9.47. The lowest BCUT2D eigenvalue weighted by molar-refractivity contribution is -0.318. The summed E-state index contributed by atoms with van der Waals surface area (Å²) in [4.78, 5) is 12.5. The normalized spacial score (nSPS) is 30.5. The first-order valence-electron chi connectivity index (χ1n) is 14.8. The first kappa shape index (κ1) is 35.8. The Morgan fingerprint density at radius 2 is 1.36 bits per heavy atom. The first-order chi connectivity index (χ1) is 23.4. The number of hydrogen-bond acceptors (Lipinski definition) is 18. The molecule has 10 atom stereocenters. The fourth-order valence-corrected chi connectivity index (χ4v) is 6.15. The van der Waals surface area contributed by atoms with Crippen molar-refractivity contribution in [2.45, 2.75) is 75.3 Å². The van der Waals surface area contributed by atoms with Gasteiger partial charge in [0.05, 0.1) is 18.1 Å². The van der Waals surface area contributed by atoms with Crippen LogP contribution in [-0.4, -0.2) is 122 Å². The number of phenolic OH excluding ortho intramolecular Hbond substituents is 2. The van der Waals surface area contributed by atoms with Gasteiger partial charge >= 0.3 is 10.4 Å². The molecule has 6 rings (SSSR count). The molecule has 4 heterocycles. The van der Waals surface area contributed by atoms with Crippen LogP contribution in [0.2, 0.25) is 0 Å². The van der Waals surface area contributed by atoms with Crippen molar-refractivity contribution in [3.8, 4) is 34.3 Å². The first-order valence-corrected chi connectivity index (χ1v) is 16.2. The van der Waals surface area contributed by atoms with Crippen molar-refractivity contribution in [3.63, 3.8) is 0 Å². The van der Waals surface area contributed by atoms with Crippen molar-refractivity contribution in [1.82, 2.24) is 0 Å². The molecule has 0 saturated carbocycles. The van der Waals surface area contributed by atoms with Crippen molar-refractivity contribution in [2.24, 2.45) is 0 Å². The van der Waals surface area contributed by atoms with Crippen LogP contribution in [0.15, 0.2) is 44.0 Å². The molecule has 0 amide bonds. The molecular weight excluding hydrogens is 696 g/mol. The molecule has 2 aliphatic heterocycles. The summed E-state index contributed by atoms with van der Waals surface area (Å²) in [5.41, 5.74) is -0.793. The van der Waals surface area contributed by atoms with E-state index in [2.05, 4.69) is 4.18 Å². The summed E-state index contributed by atoms with van der Waals surface area (Å²) in [6, 6.07) is 5.43. The fourth-order valence-electron chi connectivity index (χ4n) is 5.76. The van der Waals surface area contributed by atoms with Crippen LogP contribution >= 0.6 is 0 Å². The Hall–Kier alpha value is -4.06. The number of aliphatic hydroxyl groups excluding tert-OH is 6. The van der Waals surface area contributed by atoms with Gasteiger partial charge in [-0.15, -0.1) is 0 Å². The van der Waals surface area contributed by atoms with E-state index in [-0.39, 0.29) is 44.8 Å². The molecule has 0 aliphatic carbocycles. The second kappa shape index (κ2) is 13.2. The van der Waals surface area contributed by atoms with E-state index in [1.54, 1.807) is 0 Å². The molecule has 9 N–H and O–H groups in total. The largest absolute Gasteiger partial charge is 0.504 e. The van der Waals surface area contributed by atoms with Crippen LogP contribution in [0.3, 0.4) is 0 Å². The molecule has 2 aromatic heterocycles. The van der Waals surface area contributed by atoms with E-state index < -0.39 is 101 Å². The molecule has 272 valence electrons. The van der Waals surface area contributed by atoms with E-state index in [9.17, 15) is 54.1 Å². The number of rotatable bonds is 8. The van der Waals surface area contributed by atoms with Crippen LogP contribution in [0.1, 0.15) is 12.7 Å². The van der Waals surface area contributed by atoms with Crippen molar-refractivity contribution in [2.75, 3.05) is 6.61 Å². The van der Waals surface area contributed by atoms with Gasteiger partial charge in [0.2, 0.25) is 12.0 Å². The summed E-state index contributed by atoms with van der Waals surface area (Å²) in [5, 5.41) is 84.3. The van der Waals surface area contributed by atoms with Gasteiger partial charge in [0.1, 0.15) is 59.7 Å². The van der Waals surface area contributed by atoms with Gasteiger partial charge in [0.25, 0.3) is 0 Å². The quantitative estimate of drug-likeness (QED) is 0.0997. The number of ether oxygens (including phenoxy) is 4. The summed E-state index contributed by atoms with van der Waals surface area (Å²) >= 11 is 0. The molecule has 4 aromatic rings. The third-order valence-electron chi connectivity index (χ3n) is 8.23. The maximum Gasteiger partial charge on any atom is 0.446 e. The Labute approximate surface area is 280 Å². The summed E-state index contributed by atoms with van der Waals surface area (Å²) in [6.45, 7) is 2.35. The second-order valence-corrected chi connectivity index (χ2v) is 12.8. The minimum atomic E-state index is -5.19. The molecule has 0 spiro atoms. The Bertz CT molecular complexity index is 2050. The molecule has 20 heteroatoms. The van der Waals surface area contributed by atoms with Crippen LogP contribution in [-0.2, 0) is 24.6 Å². The highest BCUT2D eigenvalue weighted by Gasteiger charge is 2.48. The SMILES string of the molecule is Cc1cc2c(OC3OC(COC4OC(C)C(O)C(O)C4O)C(O)C(O)C3O)c(-c3cc(O)c(OS(=O)(=O)O)c(O)c3)oc3cc(=O)cc(o1)c32. The highest BCUT2D eigenvalue weighted by Crippen LogP contribution is 2.47. The smallest absolute Gasteiger partial charge is 0.446 e. The standard InChI is InChI=1S/C30H32O19S/c1-9-3-13-19-16(44-9)6-12(31)7-17(19)46-26(11-4-14(32)28(15(33)5-11)49-50(40,41)42)27(13)48-30-25(39)23(37)21(35)18(47-30)8-43-29-24(38)22(36)20(34)10(2)45-29/h3-7,10,18,20-25,29-30,32-39H,8H2,1-2H3,(H,40,41,42). The van der Waals surface area contributed by atoms with E-state index in [0.717, 1.165) is 18.2 Å². The van der Waals surface area contributed by atoms with E-state index in [0.29, 0.717) is 0 Å². The molecule has 0 radical (unpaired) electrons. The van der Waals surface area contributed by atoms with Gasteiger partial charge < -0.3 is 72.8 Å². The third-order valence-corrected chi connectivity index (χ3v) is 8.60. The number of aliphatic hydroxyl groups is 6. The highest BCUT2D eigenvalue weighted by molar-refractivity contribution is 7.81. The number of phenols is 2. The maximum absolute atomic E-state index is 12.5. The Morgan fingerprint density at radius 3 is 2.00 bits per heavy atom. The maximum atomic E-state index is 12.5. The zero-order valence-electron chi connectivity index (χ0n) is 25.9. The van der Waals surface area contributed by atoms with Gasteiger partial charge in [-0.1, -0.05) is 0 Å². The molecule has 10 unspecified atom stereocenters. The lowest BCUT2D eigenvalue weighted by Gasteiger charge is -2.42. The van der Waals surface area contributed by atoms with Crippen molar-refractivity contribution in [1.29, 1.82) is 0 Å². The van der Waals surface area contributed by atoms with Crippen LogP contribution < -0.4 is 14.3 Å². The zero-order valence-corrected chi connectivity index (χ0v) is 26.7. The molecule has 50 heavy (non-hydrogen) atoms. The van der Waals surface area contributed by atoms with E-state index in [4.69, 9.17) is 32.3 Å². The van der Waals surface area contributed by atoms with Gasteiger partial charge in [-0.05, 0) is 32.0 Å². The summed E-state index contributed by atoms with van der Waals surface area (Å²) in [6.07, 6.45) is -16.2. The molecule has 2 aromatic carbocycles. The topological polar surface area (TPSA) is 306 Å². The van der Waals surface area contributed by atoms with Crippen molar-refractivity contribution in [3.05, 3.63) is 46.3 Å². The van der Waals surface area contributed by atoms with Gasteiger partial charge in [-0.2, -0.15) is 8.42 Å². The number of hydrogen-bond donors (Lipinski definition) is 9. The van der Waals surface area contributed by atoms with Gasteiger partial charge in [-0.3, -0.25) is 9.35 Å². The Balaban J connectivity index is 1.42. The minimum absolute atomic E-state index is 0.0460. The van der Waals surface area contributed by atoms with Crippen LogP contribution in [0, 0.1) is 6.92 Å². The predicted octanol–water partition coefficient (Wildman–Crippen LogP) is -0.862. The molecule has 2 fully saturated rings. The van der Waals surface area contributed by atoms with E-state index in [1.165, 1.54) is 26.0 Å². The van der Waals surface area contributed by atoms with Crippen LogP contribution in [0.25, 0.3) is 33.3 Å². The van der Waals surface area contributed by atoms with E-state index >= 15 is 0 Å². The summed E-state index contributed by atoms with van der Waals surface area (Å²) < 4.78 is 70.3. The van der Waals surface area contributed by atoms with E-state index in [1.807, 2.05) is 0 Å². The molecule has 2 aliphatic rings. The predicted molar refractivity (Wildman–Crippen MR) is 164 cm³/mol. The highest BCUT2D eigenvalue weighted by atomic mass is 32.3. The fraction of sp³-hybridized carbons (Fsp3) is 0.433. The van der Waals surface area contributed by atoms with Crippen molar-refractivity contribution < 1.29 is 85.8 Å². The summed E-state index contributed by atoms with van der Waals surface area (Å²) in [5.74, 6) is -3.44. The second-order valence-electron chi connectivity index (χ2n) is 11.8. The average molecular weight is 729 g/mol. The van der Waals surface area contributed by atoms with Crippen LogP contribution in [0.5, 0.6) is 23.0 Å². The molecule has 19 nitrogen and oxygen atoms in total. The molecule has 2 saturated heterocycles. The monoisotopic (exact) mass is 728 g/mol. The van der Waals surface area contributed by atoms with Gasteiger partial charge in [0.15, 0.2) is 34.7 Å². The average Bonchev–Trinajstić information content (AvgIpc) is 3.03. The van der Waals surface area contributed by atoms with Crippen LogP contribution in [0.4, 0.5) is 0 Å². The molecular formula is C30H32O19S. The Morgan fingerprint density at radius 1 is 0.760 bits per heavy atom. The number of aromatic hydroxyl groups is 2. The number of aryl methyl sites for hydroxylation is 1. The third kappa shape index (κ3) is 6.70. The number of benzene rings is 2. The van der Waals surface area contributed by atoms with Gasteiger partial charge in [-0.25, -0.2) is 0 Å². The lowest BCUT2D eigenvalue weighted by atomic mass is 9.98. The minimum Gasteiger partial charge on any atom is -0.504 e. The van der Waals surface area contributed by atoms with Crippen molar-refractivity contribution >= 4 is 32.3 Å². The van der Waals surface area contributed by atoms with Gasteiger partial charge in [0, 0.05) is 23.1 Å².